The molecule has 1 nitrogen and oxygen atoms in total. The first-order chi connectivity index (χ1) is 6.24. The Morgan fingerprint density at radius 2 is 2.46 bits per heavy atom. The molecule has 2 heteroatoms. The molecule has 0 aromatic carbocycles. The van der Waals surface area contributed by atoms with Crippen LogP contribution in [0.2, 0.25) is 0 Å². The zero-order valence-corrected chi connectivity index (χ0v) is 9.62. The molecule has 0 aromatic heterocycles. The van der Waals surface area contributed by atoms with Gasteiger partial charge >= 0.3 is 0 Å². The van der Waals surface area contributed by atoms with Crippen molar-refractivity contribution in [2.75, 3.05) is 18.1 Å². The first-order valence-electron chi connectivity index (χ1n) is 5.19. The third kappa shape index (κ3) is 3.74. The largest absolute Gasteiger partial charge is 0.314 e. The maximum atomic E-state index is 4.00. The summed E-state index contributed by atoms with van der Waals surface area (Å²) in [4.78, 5) is 0. The van der Waals surface area contributed by atoms with Gasteiger partial charge in [-0.25, -0.2) is 0 Å². The Morgan fingerprint density at radius 3 is 2.92 bits per heavy atom. The van der Waals surface area contributed by atoms with E-state index in [9.17, 15) is 0 Å². The molecule has 1 saturated heterocycles. The van der Waals surface area contributed by atoms with Crippen molar-refractivity contribution in [1.82, 2.24) is 5.32 Å². The zero-order valence-electron chi connectivity index (χ0n) is 8.81. The Morgan fingerprint density at radius 1 is 1.69 bits per heavy atom. The van der Waals surface area contributed by atoms with Crippen LogP contribution in [0, 0.1) is 5.92 Å². The van der Waals surface area contributed by atoms with Gasteiger partial charge in [0.1, 0.15) is 0 Å². The number of thioether (sulfide) groups is 1. The quantitative estimate of drug-likeness (QED) is 0.683. The van der Waals surface area contributed by atoms with Gasteiger partial charge in [0.05, 0.1) is 0 Å². The molecule has 0 saturated carbocycles. The maximum absolute atomic E-state index is 4.00. The molecule has 1 heterocycles. The first kappa shape index (κ1) is 11.1. The summed E-state index contributed by atoms with van der Waals surface area (Å²) in [6.07, 6.45) is 2.54. The van der Waals surface area contributed by atoms with E-state index in [1.807, 2.05) is 0 Å². The molecule has 0 bridgehead atoms. The van der Waals surface area contributed by atoms with Gasteiger partial charge in [-0.15, -0.1) is 6.58 Å². The van der Waals surface area contributed by atoms with Crippen molar-refractivity contribution in [2.45, 2.75) is 32.7 Å². The maximum Gasteiger partial charge on any atom is 0.0140 e. The van der Waals surface area contributed by atoms with Crippen LogP contribution in [0.1, 0.15) is 26.7 Å². The monoisotopic (exact) mass is 199 g/mol. The molecule has 2 unspecified atom stereocenters. The van der Waals surface area contributed by atoms with E-state index in [1.165, 1.54) is 23.5 Å². The fraction of sp³-hybridized carbons (Fsp3) is 0.818. The van der Waals surface area contributed by atoms with Crippen molar-refractivity contribution in [2.24, 2.45) is 5.92 Å². The van der Waals surface area contributed by atoms with Crippen LogP contribution in [0.15, 0.2) is 12.2 Å². The Balaban J connectivity index is 2.39. The minimum absolute atomic E-state index is 0.678. The van der Waals surface area contributed by atoms with Crippen LogP contribution in [-0.4, -0.2) is 24.1 Å². The summed E-state index contributed by atoms with van der Waals surface area (Å²) in [6, 6.07) is 0.678. The second-order valence-electron chi connectivity index (χ2n) is 3.95. The van der Waals surface area contributed by atoms with Crippen LogP contribution in [0.25, 0.3) is 0 Å². The van der Waals surface area contributed by atoms with Crippen molar-refractivity contribution in [3.63, 3.8) is 0 Å². The molecule has 76 valence electrons. The van der Waals surface area contributed by atoms with Gasteiger partial charge in [-0.3, -0.25) is 0 Å². The van der Waals surface area contributed by atoms with E-state index in [1.54, 1.807) is 0 Å². The van der Waals surface area contributed by atoms with Crippen LogP contribution < -0.4 is 5.32 Å². The molecule has 2 atom stereocenters. The summed E-state index contributed by atoms with van der Waals surface area (Å²) < 4.78 is 0. The number of hydrogen-bond donors (Lipinski definition) is 1. The van der Waals surface area contributed by atoms with Crippen LogP contribution in [0.3, 0.4) is 0 Å². The topological polar surface area (TPSA) is 12.0 Å². The fourth-order valence-corrected chi connectivity index (χ4v) is 3.25. The molecule has 1 fully saturated rings. The van der Waals surface area contributed by atoms with Crippen molar-refractivity contribution in [3.05, 3.63) is 12.2 Å². The minimum Gasteiger partial charge on any atom is -0.314 e. The normalized spacial score (nSPS) is 24.6. The van der Waals surface area contributed by atoms with Gasteiger partial charge in [-0.1, -0.05) is 12.5 Å². The van der Waals surface area contributed by atoms with E-state index < -0.39 is 0 Å². The summed E-state index contributed by atoms with van der Waals surface area (Å²) in [5, 5.41) is 3.58. The predicted molar refractivity (Wildman–Crippen MR) is 62.3 cm³/mol. The van der Waals surface area contributed by atoms with Gasteiger partial charge < -0.3 is 5.32 Å². The molecule has 0 radical (unpaired) electrons. The van der Waals surface area contributed by atoms with Crippen molar-refractivity contribution >= 4 is 11.8 Å². The minimum atomic E-state index is 0.678. The van der Waals surface area contributed by atoms with Crippen LogP contribution in [0.5, 0.6) is 0 Å². The lowest BCUT2D eigenvalue weighted by atomic mass is 9.94. The molecular formula is C11H21NS. The highest BCUT2D eigenvalue weighted by molar-refractivity contribution is 7.99. The van der Waals surface area contributed by atoms with Crippen molar-refractivity contribution in [1.29, 1.82) is 0 Å². The third-order valence-corrected chi connectivity index (χ3v) is 3.76. The van der Waals surface area contributed by atoms with Gasteiger partial charge in [0, 0.05) is 6.04 Å². The molecule has 1 aliphatic rings. The zero-order chi connectivity index (χ0) is 9.68. The highest BCUT2D eigenvalue weighted by atomic mass is 32.2. The van der Waals surface area contributed by atoms with Crippen LogP contribution in [-0.2, 0) is 0 Å². The van der Waals surface area contributed by atoms with Gasteiger partial charge in [-0.2, -0.15) is 11.8 Å². The second-order valence-corrected chi connectivity index (χ2v) is 5.10. The summed E-state index contributed by atoms with van der Waals surface area (Å²) in [5.41, 5.74) is 1.31. The third-order valence-electron chi connectivity index (χ3n) is 2.57. The van der Waals surface area contributed by atoms with Gasteiger partial charge in [0.2, 0.25) is 0 Å². The van der Waals surface area contributed by atoms with Gasteiger partial charge in [-0.05, 0) is 43.7 Å². The fourth-order valence-electron chi connectivity index (χ4n) is 1.91. The number of hydrogen-bond acceptors (Lipinski definition) is 2. The smallest absolute Gasteiger partial charge is 0.0140 e. The Hall–Kier alpha value is 0.0500. The Kier molecular flexibility index (Phi) is 4.89. The van der Waals surface area contributed by atoms with Crippen LogP contribution in [0.4, 0.5) is 0 Å². The average Bonchev–Trinajstić information content (AvgIpc) is 2.54. The summed E-state index contributed by atoms with van der Waals surface area (Å²) in [7, 11) is 0. The number of rotatable bonds is 5. The standard InChI is InChI=1S/C11H21NS/c1-4-12-11(7-9(2)3)10-5-6-13-8-10/h10-12H,2,4-8H2,1,3H3. The summed E-state index contributed by atoms with van der Waals surface area (Å²) in [6.45, 7) is 9.40. The highest BCUT2D eigenvalue weighted by Gasteiger charge is 2.24. The van der Waals surface area contributed by atoms with Gasteiger partial charge in [0.15, 0.2) is 0 Å². The lowest BCUT2D eigenvalue weighted by Gasteiger charge is -2.23. The number of nitrogens with one attached hydrogen (secondary N) is 1. The molecule has 0 spiro atoms. The van der Waals surface area contributed by atoms with E-state index in [2.05, 4.69) is 37.5 Å². The molecule has 1 N–H and O–H groups in total. The summed E-state index contributed by atoms with van der Waals surface area (Å²) >= 11 is 2.09. The van der Waals surface area contributed by atoms with E-state index >= 15 is 0 Å². The first-order valence-corrected chi connectivity index (χ1v) is 6.35. The van der Waals surface area contributed by atoms with E-state index in [4.69, 9.17) is 0 Å². The molecule has 1 rings (SSSR count). The molecular weight excluding hydrogens is 178 g/mol. The van der Waals surface area contributed by atoms with E-state index in [0.717, 1.165) is 18.9 Å². The van der Waals surface area contributed by atoms with Gasteiger partial charge in [0.25, 0.3) is 0 Å². The Labute approximate surface area is 86.4 Å². The lowest BCUT2D eigenvalue weighted by Crippen LogP contribution is -2.36. The second kappa shape index (κ2) is 5.71. The predicted octanol–water partition coefficient (Wildman–Crippen LogP) is 2.68. The van der Waals surface area contributed by atoms with E-state index in [0.29, 0.717) is 6.04 Å². The summed E-state index contributed by atoms with van der Waals surface area (Å²) in [5.74, 6) is 3.56. The highest BCUT2D eigenvalue weighted by Crippen LogP contribution is 2.28. The van der Waals surface area contributed by atoms with E-state index in [-0.39, 0.29) is 0 Å². The van der Waals surface area contributed by atoms with Crippen molar-refractivity contribution in [3.8, 4) is 0 Å². The SMILES string of the molecule is C=C(C)CC(NCC)C1CCSC1. The van der Waals surface area contributed by atoms with Crippen LogP contribution >= 0.6 is 11.8 Å². The Bertz CT molecular complexity index is 161. The molecule has 13 heavy (non-hydrogen) atoms. The average molecular weight is 199 g/mol. The molecule has 0 aliphatic carbocycles. The molecule has 0 amide bonds. The molecule has 0 aromatic rings. The van der Waals surface area contributed by atoms with Crippen molar-refractivity contribution < 1.29 is 0 Å². The molecule has 1 aliphatic heterocycles. The lowest BCUT2D eigenvalue weighted by molar-refractivity contribution is 0.386.